The Morgan fingerprint density at radius 3 is 1.83 bits per heavy atom. The van der Waals surface area contributed by atoms with Gasteiger partial charge in [0.2, 0.25) is 0 Å². The van der Waals surface area contributed by atoms with E-state index in [9.17, 15) is 9.59 Å². The fourth-order valence-electron chi connectivity index (χ4n) is 1.83. The number of unbranched alkanes of at least 4 members (excludes halogenated alkanes) is 1. The van der Waals surface area contributed by atoms with Gasteiger partial charge in [0.1, 0.15) is 0 Å². The van der Waals surface area contributed by atoms with E-state index in [4.69, 9.17) is 14.6 Å². The molecule has 0 bridgehead atoms. The zero-order valence-corrected chi connectivity index (χ0v) is 11.5. The van der Waals surface area contributed by atoms with Crippen molar-refractivity contribution in [2.75, 3.05) is 19.8 Å². The largest absolute Gasteiger partial charge is 0.465 e. The van der Waals surface area contributed by atoms with Gasteiger partial charge in [-0.3, -0.25) is 9.59 Å². The highest BCUT2D eigenvalue weighted by Crippen LogP contribution is 2.32. The van der Waals surface area contributed by atoms with Crippen molar-refractivity contribution in [1.82, 2.24) is 0 Å². The van der Waals surface area contributed by atoms with Gasteiger partial charge in [-0.15, -0.1) is 0 Å². The zero-order chi connectivity index (χ0) is 14.0. The molecule has 5 heteroatoms. The summed E-state index contributed by atoms with van der Waals surface area (Å²) in [4.78, 5) is 24.0. The lowest BCUT2D eigenvalue weighted by atomic mass is 9.80. The van der Waals surface area contributed by atoms with Crippen molar-refractivity contribution in [3.05, 3.63) is 0 Å². The van der Waals surface area contributed by atoms with Crippen molar-refractivity contribution >= 4 is 11.9 Å². The van der Waals surface area contributed by atoms with Crippen LogP contribution in [-0.2, 0) is 19.1 Å². The van der Waals surface area contributed by atoms with Crippen LogP contribution in [0.5, 0.6) is 0 Å². The molecule has 0 aromatic carbocycles. The van der Waals surface area contributed by atoms with E-state index in [1.807, 2.05) is 0 Å². The lowest BCUT2D eigenvalue weighted by molar-refractivity contribution is -0.173. The van der Waals surface area contributed by atoms with E-state index in [1.54, 1.807) is 20.8 Å². The summed E-state index contributed by atoms with van der Waals surface area (Å²) >= 11 is 0. The van der Waals surface area contributed by atoms with E-state index in [-0.39, 0.29) is 19.8 Å². The molecule has 0 spiro atoms. The Morgan fingerprint density at radius 2 is 1.50 bits per heavy atom. The minimum Gasteiger partial charge on any atom is -0.465 e. The third-order valence-electron chi connectivity index (χ3n) is 2.95. The summed E-state index contributed by atoms with van der Waals surface area (Å²) in [5.41, 5.74) is -1.22. The van der Waals surface area contributed by atoms with E-state index in [0.29, 0.717) is 25.7 Å². The second kappa shape index (κ2) is 8.91. The minimum absolute atomic E-state index is 0.0471. The summed E-state index contributed by atoms with van der Waals surface area (Å²) in [6.07, 6.45) is 1.83. The van der Waals surface area contributed by atoms with Gasteiger partial charge in [0.25, 0.3) is 0 Å². The van der Waals surface area contributed by atoms with Crippen LogP contribution in [0.2, 0.25) is 0 Å². The monoisotopic (exact) mass is 260 g/mol. The van der Waals surface area contributed by atoms with Gasteiger partial charge in [-0.05, 0) is 39.5 Å². The number of carbonyl (C=O) groups excluding carboxylic acids is 2. The highest BCUT2D eigenvalue weighted by atomic mass is 16.6. The first kappa shape index (κ1) is 16.9. The predicted octanol–water partition coefficient (Wildman–Crippen LogP) is 1.67. The van der Waals surface area contributed by atoms with Crippen LogP contribution < -0.4 is 0 Å². The number of hydrogen-bond acceptors (Lipinski definition) is 5. The first-order valence-electron chi connectivity index (χ1n) is 6.54. The minimum atomic E-state index is -1.22. The second-order valence-electron chi connectivity index (χ2n) is 4.06. The summed E-state index contributed by atoms with van der Waals surface area (Å²) in [5.74, 6) is -1.05. The van der Waals surface area contributed by atoms with Crippen LogP contribution in [0.1, 0.15) is 46.5 Å². The molecule has 0 aromatic heterocycles. The quantitative estimate of drug-likeness (QED) is 0.388. The molecule has 0 fully saturated rings. The molecule has 106 valence electrons. The first-order chi connectivity index (χ1) is 8.58. The molecular weight excluding hydrogens is 236 g/mol. The summed E-state index contributed by atoms with van der Waals surface area (Å²) in [7, 11) is 0. The van der Waals surface area contributed by atoms with Gasteiger partial charge in [-0.1, -0.05) is 6.92 Å². The average Bonchev–Trinajstić information content (AvgIpc) is 2.35. The normalized spacial score (nSPS) is 11.1. The third kappa shape index (κ3) is 4.29. The standard InChI is InChI=1S/C13H24O5/c1-4-13(9-7-8-10-14,11(15)17-5-2)12(16)18-6-3/h14H,4-10H2,1-3H3. The number of esters is 2. The smallest absolute Gasteiger partial charge is 0.323 e. The molecule has 0 aliphatic heterocycles. The Bertz CT molecular complexity index is 244. The summed E-state index contributed by atoms with van der Waals surface area (Å²) in [5, 5.41) is 8.79. The molecule has 0 heterocycles. The number of aliphatic hydroxyl groups is 1. The highest BCUT2D eigenvalue weighted by molar-refractivity contribution is 6.00. The fourth-order valence-corrected chi connectivity index (χ4v) is 1.83. The molecule has 0 radical (unpaired) electrons. The first-order valence-corrected chi connectivity index (χ1v) is 6.54. The van der Waals surface area contributed by atoms with Crippen LogP contribution in [0.3, 0.4) is 0 Å². The van der Waals surface area contributed by atoms with E-state index >= 15 is 0 Å². The van der Waals surface area contributed by atoms with Crippen LogP contribution >= 0.6 is 0 Å². The molecule has 1 N–H and O–H groups in total. The molecule has 0 aromatic rings. The number of hydrogen-bond donors (Lipinski definition) is 1. The molecule has 0 unspecified atom stereocenters. The molecule has 0 rings (SSSR count). The zero-order valence-electron chi connectivity index (χ0n) is 11.5. The maximum Gasteiger partial charge on any atom is 0.323 e. The Hall–Kier alpha value is -1.10. The Labute approximate surface area is 108 Å². The Kier molecular flexibility index (Phi) is 8.37. The molecule has 0 aliphatic carbocycles. The molecular formula is C13H24O5. The maximum absolute atomic E-state index is 12.0. The number of rotatable bonds is 9. The van der Waals surface area contributed by atoms with Crippen molar-refractivity contribution in [2.45, 2.75) is 46.5 Å². The Balaban J connectivity index is 4.93. The topological polar surface area (TPSA) is 72.8 Å². The van der Waals surface area contributed by atoms with E-state index < -0.39 is 17.4 Å². The van der Waals surface area contributed by atoms with Crippen LogP contribution in [0.25, 0.3) is 0 Å². The van der Waals surface area contributed by atoms with Gasteiger partial charge in [-0.2, -0.15) is 0 Å². The van der Waals surface area contributed by atoms with Crippen molar-refractivity contribution in [2.24, 2.45) is 5.41 Å². The molecule has 0 atom stereocenters. The predicted molar refractivity (Wildman–Crippen MR) is 66.9 cm³/mol. The number of aliphatic hydroxyl groups excluding tert-OH is 1. The van der Waals surface area contributed by atoms with Crippen LogP contribution in [-0.4, -0.2) is 36.9 Å². The van der Waals surface area contributed by atoms with Crippen molar-refractivity contribution in [3.63, 3.8) is 0 Å². The van der Waals surface area contributed by atoms with E-state index in [0.717, 1.165) is 0 Å². The van der Waals surface area contributed by atoms with Gasteiger partial charge in [0, 0.05) is 6.61 Å². The van der Waals surface area contributed by atoms with Gasteiger partial charge in [0.05, 0.1) is 13.2 Å². The fraction of sp³-hybridized carbons (Fsp3) is 0.846. The van der Waals surface area contributed by atoms with Crippen LogP contribution in [0.15, 0.2) is 0 Å². The maximum atomic E-state index is 12.0. The summed E-state index contributed by atoms with van der Waals surface area (Å²) < 4.78 is 9.99. The highest BCUT2D eigenvalue weighted by Gasteiger charge is 2.46. The van der Waals surface area contributed by atoms with Crippen molar-refractivity contribution in [3.8, 4) is 0 Å². The lowest BCUT2D eigenvalue weighted by Crippen LogP contribution is -2.41. The van der Waals surface area contributed by atoms with Gasteiger partial charge in [-0.25, -0.2) is 0 Å². The van der Waals surface area contributed by atoms with Crippen LogP contribution in [0, 0.1) is 5.41 Å². The van der Waals surface area contributed by atoms with Gasteiger partial charge < -0.3 is 14.6 Å². The molecule has 0 saturated carbocycles. The van der Waals surface area contributed by atoms with Crippen molar-refractivity contribution < 1.29 is 24.2 Å². The molecule has 5 nitrogen and oxygen atoms in total. The van der Waals surface area contributed by atoms with E-state index in [1.165, 1.54) is 0 Å². The number of carbonyl (C=O) groups is 2. The number of ether oxygens (including phenoxy) is 2. The van der Waals surface area contributed by atoms with Crippen LogP contribution in [0.4, 0.5) is 0 Å². The van der Waals surface area contributed by atoms with Crippen molar-refractivity contribution in [1.29, 1.82) is 0 Å². The Morgan fingerprint density at radius 1 is 1.00 bits per heavy atom. The lowest BCUT2D eigenvalue weighted by Gasteiger charge is -2.27. The third-order valence-corrected chi connectivity index (χ3v) is 2.95. The van der Waals surface area contributed by atoms with E-state index in [2.05, 4.69) is 0 Å². The molecule has 0 saturated heterocycles. The van der Waals surface area contributed by atoms with Gasteiger partial charge >= 0.3 is 11.9 Å². The molecule has 0 amide bonds. The summed E-state index contributed by atoms with van der Waals surface area (Å²) in [6, 6.07) is 0. The van der Waals surface area contributed by atoms with Gasteiger partial charge in [0.15, 0.2) is 5.41 Å². The summed E-state index contributed by atoms with van der Waals surface area (Å²) in [6.45, 7) is 5.70. The molecule has 18 heavy (non-hydrogen) atoms. The average molecular weight is 260 g/mol. The SMILES string of the molecule is CCOC(=O)C(CC)(CCCCO)C(=O)OCC. The second-order valence-corrected chi connectivity index (χ2v) is 4.06. The molecule has 0 aliphatic rings.